The van der Waals surface area contributed by atoms with Crippen molar-refractivity contribution in [3.63, 3.8) is 0 Å². The summed E-state index contributed by atoms with van der Waals surface area (Å²) in [5, 5.41) is 29.0. The molecule has 0 heterocycles. The quantitative estimate of drug-likeness (QED) is 0.266. The lowest BCUT2D eigenvalue weighted by molar-refractivity contribution is -0.193. The third kappa shape index (κ3) is 5.72. The van der Waals surface area contributed by atoms with Crippen LogP contribution in [0.2, 0.25) is 0 Å². The van der Waals surface area contributed by atoms with Gasteiger partial charge in [-0.25, -0.2) is 0 Å². The van der Waals surface area contributed by atoms with Crippen LogP contribution in [0.4, 0.5) is 0 Å². The van der Waals surface area contributed by atoms with Crippen LogP contribution >= 0.6 is 0 Å². The van der Waals surface area contributed by atoms with Crippen LogP contribution in [0.15, 0.2) is 12.3 Å². The molecule has 0 aromatic rings. The minimum atomic E-state index is -0.0583. The maximum atomic E-state index is 11.6. The second-order valence-electron chi connectivity index (χ2n) is 12.2. The zero-order valence-corrected chi connectivity index (χ0v) is 23.5. The van der Waals surface area contributed by atoms with E-state index in [0.717, 1.165) is 36.5 Å². The first-order valence-electron chi connectivity index (χ1n) is 14.9. The molecule has 0 spiro atoms. The normalized spacial score (nSPS) is 42.6. The van der Waals surface area contributed by atoms with Crippen LogP contribution in [0, 0.1) is 46.3 Å². The Labute approximate surface area is 211 Å². The van der Waals surface area contributed by atoms with Gasteiger partial charge in [0.05, 0.1) is 11.9 Å². The summed E-state index contributed by atoms with van der Waals surface area (Å²) in [6, 6.07) is 0. The van der Waals surface area contributed by atoms with E-state index in [4.69, 9.17) is 5.11 Å². The number of aliphatic hydroxyl groups excluding tert-OH is 3. The summed E-state index contributed by atoms with van der Waals surface area (Å²) in [6.07, 6.45) is 16.2. The summed E-state index contributed by atoms with van der Waals surface area (Å²) in [7, 11) is 0. The van der Waals surface area contributed by atoms with Crippen LogP contribution in [-0.4, -0.2) is 28.0 Å². The highest BCUT2D eigenvalue weighted by molar-refractivity contribution is 5.12. The van der Waals surface area contributed by atoms with Gasteiger partial charge in [-0.1, -0.05) is 73.8 Å². The van der Waals surface area contributed by atoms with E-state index in [0.29, 0.717) is 35.7 Å². The van der Waals surface area contributed by atoms with Crippen molar-refractivity contribution in [1.82, 2.24) is 0 Å². The smallest absolute Gasteiger partial charge is 0.0848 e. The molecule has 4 saturated carbocycles. The SMILES string of the molecule is C=C(O)CC.CC.CCC1C(O)C2C3CCC(CCCCO)C3(C)CCC2C2(C)CCCCC12. The molecule has 4 aliphatic rings. The molecule has 0 aromatic carbocycles. The van der Waals surface area contributed by atoms with Gasteiger partial charge in [0.2, 0.25) is 0 Å². The van der Waals surface area contributed by atoms with E-state index in [-0.39, 0.29) is 11.9 Å². The predicted octanol–water partition coefficient (Wildman–Crippen LogP) is 8.30. The van der Waals surface area contributed by atoms with Gasteiger partial charge in [-0.2, -0.15) is 0 Å². The van der Waals surface area contributed by atoms with Crippen molar-refractivity contribution in [3.05, 3.63) is 12.3 Å². The second-order valence-corrected chi connectivity index (χ2v) is 12.2. The van der Waals surface area contributed by atoms with Crippen molar-refractivity contribution in [2.24, 2.45) is 46.3 Å². The lowest BCUT2D eigenvalue weighted by atomic mass is 9.41. The Hall–Kier alpha value is -0.540. The molecule has 4 rings (SSSR count). The summed E-state index contributed by atoms with van der Waals surface area (Å²) in [5.74, 6) is 4.42. The topological polar surface area (TPSA) is 60.7 Å². The zero-order valence-electron chi connectivity index (χ0n) is 23.5. The molecule has 3 heteroatoms. The molecule has 34 heavy (non-hydrogen) atoms. The molecule has 0 saturated heterocycles. The fourth-order valence-electron chi connectivity index (χ4n) is 9.12. The maximum absolute atomic E-state index is 11.6. The monoisotopic (exact) mass is 478 g/mol. The Morgan fingerprint density at radius 1 is 0.882 bits per heavy atom. The fraction of sp³-hybridized carbons (Fsp3) is 0.935. The highest BCUT2D eigenvalue weighted by Gasteiger charge is 2.63. The van der Waals surface area contributed by atoms with E-state index in [1.54, 1.807) is 0 Å². The largest absolute Gasteiger partial charge is 0.513 e. The minimum Gasteiger partial charge on any atom is -0.513 e. The molecular weight excluding hydrogens is 420 g/mol. The number of unbranched alkanes of at least 4 members (excludes halogenated alkanes) is 1. The van der Waals surface area contributed by atoms with Gasteiger partial charge in [0.15, 0.2) is 0 Å². The summed E-state index contributed by atoms with van der Waals surface area (Å²) in [4.78, 5) is 0. The first-order chi connectivity index (χ1) is 16.2. The molecule has 9 atom stereocenters. The third-order valence-electron chi connectivity index (χ3n) is 10.9. The maximum Gasteiger partial charge on any atom is 0.0848 e. The van der Waals surface area contributed by atoms with E-state index in [1.807, 2.05) is 20.8 Å². The van der Waals surface area contributed by atoms with Crippen LogP contribution in [0.25, 0.3) is 0 Å². The van der Waals surface area contributed by atoms with Crippen molar-refractivity contribution in [2.75, 3.05) is 6.61 Å². The number of hydrogen-bond donors (Lipinski definition) is 3. The van der Waals surface area contributed by atoms with Crippen molar-refractivity contribution in [2.45, 2.75) is 131 Å². The van der Waals surface area contributed by atoms with Crippen molar-refractivity contribution >= 4 is 0 Å². The van der Waals surface area contributed by atoms with E-state index in [9.17, 15) is 10.2 Å². The molecule has 200 valence electrons. The molecule has 0 aliphatic heterocycles. The van der Waals surface area contributed by atoms with Gasteiger partial charge >= 0.3 is 0 Å². The average Bonchev–Trinajstić information content (AvgIpc) is 3.17. The van der Waals surface area contributed by atoms with Gasteiger partial charge < -0.3 is 15.3 Å². The summed E-state index contributed by atoms with van der Waals surface area (Å²) < 4.78 is 0. The number of rotatable bonds is 6. The van der Waals surface area contributed by atoms with E-state index < -0.39 is 0 Å². The van der Waals surface area contributed by atoms with Crippen molar-refractivity contribution in [3.8, 4) is 0 Å². The Kier molecular flexibility index (Phi) is 11.5. The lowest BCUT2D eigenvalue weighted by Crippen LogP contribution is -2.61. The van der Waals surface area contributed by atoms with Crippen LogP contribution < -0.4 is 0 Å². The summed E-state index contributed by atoms with van der Waals surface area (Å²) in [5.41, 5.74) is 0.923. The molecular formula is C31H58O3. The first kappa shape index (κ1) is 29.7. The number of aliphatic hydroxyl groups is 3. The van der Waals surface area contributed by atoms with Gasteiger partial charge in [0, 0.05) is 13.0 Å². The van der Waals surface area contributed by atoms with E-state index >= 15 is 0 Å². The zero-order chi connectivity index (χ0) is 25.5. The van der Waals surface area contributed by atoms with Gasteiger partial charge in [-0.05, 0) is 97.7 Å². The molecule has 0 amide bonds. The molecule has 0 radical (unpaired) electrons. The van der Waals surface area contributed by atoms with E-state index in [2.05, 4.69) is 27.4 Å². The first-order valence-corrected chi connectivity index (χ1v) is 14.9. The Morgan fingerprint density at radius 3 is 2.12 bits per heavy atom. The summed E-state index contributed by atoms with van der Waals surface area (Å²) >= 11 is 0. The minimum absolute atomic E-state index is 0.0583. The molecule has 9 unspecified atom stereocenters. The van der Waals surface area contributed by atoms with Crippen LogP contribution in [0.1, 0.15) is 125 Å². The second kappa shape index (κ2) is 13.1. The highest BCUT2D eigenvalue weighted by atomic mass is 16.3. The lowest BCUT2D eigenvalue weighted by Gasteiger charge is -2.64. The molecule has 0 bridgehead atoms. The average molecular weight is 479 g/mol. The molecule has 4 aliphatic carbocycles. The molecule has 3 N–H and O–H groups in total. The standard InChI is InChI=1S/C25H44O2.C4H8O.C2H6/c1-4-18-19-10-5-7-14-25(19,3)21-13-15-24(2)17(9-6-8-16-26)11-12-20(24)22(21)23(18)27;1-3-4(2)5;1-2/h17-23,26-27H,4-16H2,1-3H3;5H,2-3H2,1H3;1-2H3. The van der Waals surface area contributed by atoms with Crippen molar-refractivity contribution in [1.29, 1.82) is 0 Å². The van der Waals surface area contributed by atoms with Gasteiger partial charge in [-0.3, -0.25) is 0 Å². The Balaban J connectivity index is 0.000000520. The van der Waals surface area contributed by atoms with Gasteiger partial charge in [0.25, 0.3) is 0 Å². The van der Waals surface area contributed by atoms with Crippen LogP contribution in [0.3, 0.4) is 0 Å². The highest BCUT2D eigenvalue weighted by Crippen LogP contribution is 2.69. The van der Waals surface area contributed by atoms with Crippen molar-refractivity contribution < 1.29 is 15.3 Å². The Morgan fingerprint density at radius 2 is 1.53 bits per heavy atom. The van der Waals surface area contributed by atoms with Crippen LogP contribution in [0.5, 0.6) is 0 Å². The number of allylic oxidation sites excluding steroid dienone is 1. The summed E-state index contributed by atoms with van der Waals surface area (Å²) in [6.45, 7) is 17.0. The number of hydrogen-bond acceptors (Lipinski definition) is 3. The molecule has 0 aromatic heterocycles. The van der Waals surface area contributed by atoms with E-state index in [1.165, 1.54) is 64.2 Å². The Bertz CT molecular complexity index is 618. The number of fused-ring (bicyclic) bond motifs is 5. The fourth-order valence-corrected chi connectivity index (χ4v) is 9.12. The predicted molar refractivity (Wildman–Crippen MR) is 145 cm³/mol. The molecule has 4 fully saturated rings. The van der Waals surface area contributed by atoms with Gasteiger partial charge in [-0.15, -0.1) is 0 Å². The van der Waals surface area contributed by atoms with Crippen LogP contribution in [-0.2, 0) is 0 Å². The molecule has 3 nitrogen and oxygen atoms in total. The van der Waals surface area contributed by atoms with Gasteiger partial charge in [0.1, 0.15) is 0 Å². The third-order valence-corrected chi connectivity index (χ3v) is 10.9.